The first-order valence-electron chi connectivity index (χ1n) is 28.7. The maximum atomic E-state index is 12.8. The normalized spacial score (nSPS) is 12.8. The van der Waals surface area contributed by atoms with Crippen LogP contribution in [0.5, 0.6) is 0 Å². The van der Waals surface area contributed by atoms with Crippen molar-refractivity contribution in [1.29, 1.82) is 0 Å². The lowest BCUT2D eigenvalue weighted by Gasteiger charge is -2.18. The average Bonchev–Trinajstić information content (AvgIpc) is 3.35. The second kappa shape index (κ2) is 56.9. The van der Waals surface area contributed by atoms with Crippen molar-refractivity contribution in [1.82, 2.24) is 0 Å². The Labute approximate surface area is 426 Å². The number of hydrogen-bond acceptors (Lipinski definition) is 6. The second-order valence-electron chi connectivity index (χ2n) is 18.8. The Balaban J connectivity index is 4.50. The van der Waals surface area contributed by atoms with Gasteiger partial charge in [-0.2, -0.15) is 0 Å². The molecule has 0 aromatic rings. The van der Waals surface area contributed by atoms with Crippen LogP contribution in [0.2, 0.25) is 0 Å². The van der Waals surface area contributed by atoms with Gasteiger partial charge in [-0.15, -0.1) is 0 Å². The summed E-state index contributed by atoms with van der Waals surface area (Å²) in [6.07, 6.45) is 75.5. The summed E-state index contributed by atoms with van der Waals surface area (Å²) < 4.78 is 16.8. The van der Waals surface area contributed by atoms with Crippen molar-refractivity contribution in [3.05, 3.63) is 97.2 Å². The van der Waals surface area contributed by atoms with Crippen molar-refractivity contribution < 1.29 is 28.6 Å². The van der Waals surface area contributed by atoms with E-state index in [1.54, 1.807) is 0 Å². The molecule has 0 rings (SSSR count). The zero-order valence-corrected chi connectivity index (χ0v) is 45.0. The van der Waals surface area contributed by atoms with Gasteiger partial charge in [0.1, 0.15) is 13.2 Å². The molecule has 0 fully saturated rings. The molecule has 0 spiro atoms. The third-order valence-electron chi connectivity index (χ3n) is 12.1. The Hall–Kier alpha value is -3.67. The molecule has 0 aliphatic rings. The highest BCUT2D eigenvalue weighted by Gasteiger charge is 2.19. The van der Waals surface area contributed by atoms with E-state index in [0.29, 0.717) is 19.3 Å². The van der Waals surface area contributed by atoms with Gasteiger partial charge in [0.15, 0.2) is 6.10 Å². The minimum atomic E-state index is -0.811. The van der Waals surface area contributed by atoms with Gasteiger partial charge in [-0.3, -0.25) is 14.4 Å². The van der Waals surface area contributed by atoms with Gasteiger partial charge in [-0.25, -0.2) is 0 Å². The Bertz CT molecular complexity index is 1380. The lowest BCUT2D eigenvalue weighted by atomic mass is 10.0. The molecule has 0 saturated carbocycles. The van der Waals surface area contributed by atoms with E-state index in [4.69, 9.17) is 14.2 Å². The standard InChI is InChI=1S/C63H106O6/c1-4-7-10-13-16-19-22-25-28-30-31-33-36-38-41-44-47-50-53-56-62(65)68-59-60(69-63(66)57-54-51-48-45-42-39-34-27-24-21-18-15-12-9-6-3)58-67-61(64)55-52-49-46-43-40-37-35-32-29-26-23-20-17-14-11-8-5-2/h7,10,16-17,19-20,25-26,28-29,31,33,38,41,47,50,60H,4-6,8-9,11-15,18,21-24,27,30,32,34-37,39-40,42-46,48-49,51-59H2,1-3H3/b10-7-,19-16-,20-17-,28-25-,29-26-,33-31-,41-38-,50-47-/t60-/m0/s1. The Morgan fingerprint density at radius 1 is 0.304 bits per heavy atom. The lowest BCUT2D eigenvalue weighted by molar-refractivity contribution is -0.166. The van der Waals surface area contributed by atoms with Gasteiger partial charge in [-0.05, 0) is 89.9 Å². The lowest BCUT2D eigenvalue weighted by Crippen LogP contribution is -2.30. The summed E-state index contributed by atoms with van der Waals surface area (Å²) in [5.74, 6) is -0.993. The molecule has 69 heavy (non-hydrogen) atoms. The van der Waals surface area contributed by atoms with Gasteiger partial charge in [0.25, 0.3) is 0 Å². The summed E-state index contributed by atoms with van der Waals surface area (Å²) in [6, 6.07) is 0. The van der Waals surface area contributed by atoms with Gasteiger partial charge in [-0.1, -0.05) is 253 Å². The first-order chi connectivity index (χ1) is 34.0. The van der Waals surface area contributed by atoms with Crippen LogP contribution in [0.15, 0.2) is 97.2 Å². The molecule has 0 saturated heterocycles. The van der Waals surface area contributed by atoms with Crippen molar-refractivity contribution >= 4 is 17.9 Å². The zero-order valence-electron chi connectivity index (χ0n) is 45.0. The van der Waals surface area contributed by atoms with E-state index in [1.807, 2.05) is 6.08 Å². The van der Waals surface area contributed by atoms with Gasteiger partial charge in [0.2, 0.25) is 0 Å². The number of allylic oxidation sites excluding steroid dienone is 16. The molecular formula is C63H106O6. The molecule has 0 unspecified atom stereocenters. The van der Waals surface area contributed by atoms with Crippen LogP contribution in [-0.2, 0) is 28.6 Å². The van der Waals surface area contributed by atoms with Crippen molar-refractivity contribution in [2.75, 3.05) is 13.2 Å². The number of hydrogen-bond donors (Lipinski definition) is 0. The van der Waals surface area contributed by atoms with Crippen LogP contribution in [-0.4, -0.2) is 37.2 Å². The van der Waals surface area contributed by atoms with Gasteiger partial charge in [0, 0.05) is 19.3 Å². The summed E-state index contributed by atoms with van der Waals surface area (Å²) >= 11 is 0. The van der Waals surface area contributed by atoms with Gasteiger partial charge >= 0.3 is 17.9 Å². The van der Waals surface area contributed by atoms with E-state index in [2.05, 4.69) is 112 Å². The Kier molecular flexibility index (Phi) is 53.9. The maximum absolute atomic E-state index is 12.8. The Morgan fingerprint density at radius 2 is 0.594 bits per heavy atom. The highest BCUT2D eigenvalue weighted by Crippen LogP contribution is 2.15. The maximum Gasteiger partial charge on any atom is 0.306 e. The topological polar surface area (TPSA) is 78.9 Å². The van der Waals surface area contributed by atoms with Crippen LogP contribution in [0.3, 0.4) is 0 Å². The molecule has 0 bridgehead atoms. The number of esters is 3. The largest absolute Gasteiger partial charge is 0.462 e. The van der Waals surface area contributed by atoms with Gasteiger partial charge in [0.05, 0.1) is 0 Å². The molecule has 0 N–H and O–H groups in total. The van der Waals surface area contributed by atoms with Crippen molar-refractivity contribution in [3.63, 3.8) is 0 Å². The van der Waals surface area contributed by atoms with Crippen LogP contribution >= 0.6 is 0 Å². The third-order valence-corrected chi connectivity index (χ3v) is 12.1. The fourth-order valence-corrected chi connectivity index (χ4v) is 7.79. The summed E-state index contributed by atoms with van der Waals surface area (Å²) in [5.41, 5.74) is 0. The van der Waals surface area contributed by atoms with Gasteiger partial charge < -0.3 is 14.2 Å². The fourth-order valence-electron chi connectivity index (χ4n) is 7.79. The number of carbonyl (C=O) groups excluding carboxylic acids is 3. The predicted octanol–water partition coefficient (Wildman–Crippen LogP) is 19.3. The van der Waals surface area contributed by atoms with E-state index in [9.17, 15) is 14.4 Å². The molecule has 6 heteroatoms. The molecule has 0 amide bonds. The SMILES string of the molecule is CC/C=C\C/C=C\C/C=C\C/C=C\C/C=C\C/C=C\CCC(=O)OC[C@H](COC(=O)CCCCCCCCC/C=C\C/C=C\CCCCC)OC(=O)CCCCCCCCCCCCCCCCC. The highest BCUT2D eigenvalue weighted by atomic mass is 16.6. The minimum Gasteiger partial charge on any atom is -0.462 e. The number of ether oxygens (including phenoxy) is 3. The average molecular weight is 960 g/mol. The molecule has 0 aliphatic carbocycles. The quantitative estimate of drug-likeness (QED) is 0.0262. The summed E-state index contributed by atoms with van der Waals surface area (Å²) in [4.78, 5) is 38.1. The van der Waals surface area contributed by atoms with Crippen LogP contribution in [0, 0.1) is 0 Å². The van der Waals surface area contributed by atoms with Crippen molar-refractivity contribution in [2.24, 2.45) is 0 Å². The predicted molar refractivity (Wildman–Crippen MR) is 297 cm³/mol. The minimum absolute atomic E-state index is 0.104. The fraction of sp³-hybridized carbons (Fsp3) is 0.698. The third kappa shape index (κ3) is 55.1. The van der Waals surface area contributed by atoms with E-state index in [1.165, 1.54) is 128 Å². The van der Waals surface area contributed by atoms with E-state index in [0.717, 1.165) is 89.9 Å². The molecule has 0 aromatic heterocycles. The smallest absolute Gasteiger partial charge is 0.306 e. The Morgan fingerprint density at radius 3 is 1.00 bits per heavy atom. The molecule has 0 heterocycles. The molecule has 394 valence electrons. The van der Waals surface area contributed by atoms with Crippen LogP contribution < -0.4 is 0 Å². The number of unbranched alkanes of at least 4 members (excludes halogenated alkanes) is 24. The highest BCUT2D eigenvalue weighted by molar-refractivity contribution is 5.71. The molecule has 0 aliphatic heterocycles. The van der Waals surface area contributed by atoms with Crippen molar-refractivity contribution in [2.45, 2.75) is 271 Å². The first kappa shape index (κ1) is 65.3. The van der Waals surface area contributed by atoms with E-state index >= 15 is 0 Å². The summed E-state index contributed by atoms with van der Waals surface area (Å²) in [5, 5.41) is 0. The molecule has 6 nitrogen and oxygen atoms in total. The molecule has 0 radical (unpaired) electrons. The molecule has 0 aromatic carbocycles. The van der Waals surface area contributed by atoms with E-state index < -0.39 is 6.10 Å². The number of carbonyl (C=O) groups is 3. The molecular weight excluding hydrogens is 853 g/mol. The summed E-state index contributed by atoms with van der Waals surface area (Å²) in [6.45, 7) is 6.44. The number of rotatable bonds is 51. The van der Waals surface area contributed by atoms with Crippen molar-refractivity contribution in [3.8, 4) is 0 Å². The van der Waals surface area contributed by atoms with Crippen LogP contribution in [0.1, 0.15) is 265 Å². The van der Waals surface area contributed by atoms with Crippen LogP contribution in [0.4, 0.5) is 0 Å². The monoisotopic (exact) mass is 959 g/mol. The first-order valence-corrected chi connectivity index (χ1v) is 28.7. The summed E-state index contributed by atoms with van der Waals surface area (Å²) in [7, 11) is 0. The zero-order chi connectivity index (χ0) is 50.0. The van der Waals surface area contributed by atoms with E-state index in [-0.39, 0.29) is 37.5 Å². The van der Waals surface area contributed by atoms with Crippen LogP contribution in [0.25, 0.3) is 0 Å². The molecule has 1 atom stereocenters. The second-order valence-corrected chi connectivity index (χ2v) is 18.8.